The second-order valence-corrected chi connectivity index (χ2v) is 3.90. The van der Waals surface area contributed by atoms with Gasteiger partial charge >= 0.3 is 0 Å². The Labute approximate surface area is 96.5 Å². The molecule has 1 aromatic rings. The smallest absolute Gasteiger partial charge is 0.147 e. The fraction of sp³-hybridized carbons (Fsp3) is 0.636. The molecule has 0 aromatic carbocycles. The summed E-state index contributed by atoms with van der Waals surface area (Å²) in [7, 11) is 0. The first-order valence-corrected chi connectivity index (χ1v) is 5.83. The number of hydrogen-bond donors (Lipinski definition) is 0. The molecule has 0 bridgehead atoms. The SMILES string of the molecule is CCN(CCCCl)c1cnc(C)c(C)n1. The van der Waals surface area contributed by atoms with Crippen LogP contribution in [0.4, 0.5) is 5.82 Å². The molecule has 1 heterocycles. The molecular weight excluding hydrogens is 210 g/mol. The Bertz CT molecular complexity index is 315. The fourth-order valence-electron chi connectivity index (χ4n) is 1.37. The van der Waals surface area contributed by atoms with E-state index in [1.165, 1.54) is 0 Å². The number of aromatic nitrogens is 2. The third-order valence-corrected chi connectivity index (χ3v) is 2.71. The number of rotatable bonds is 5. The zero-order valence-corrected chi connectivity index (χ0v) is 10.4. The van der Waals surface area contributed by atoms with Crippen LogP contribution in [-0.4, -0.2) is 28.9 Å². The van der Waals surface area contributed by atoms with E-state index in [1.807, 2.05) is 20.0 Å². The van der Waals surface area contributed by atoms with Crippen LogP contribution in [-0.2, 0) is 0 Å². The minimum atomic E-state index is 0.689. The number of anilines is 1. The zero-order chi connectivity index (χ0) is 11.3. The summed E-state index contributed by atoms with van der Waals surface area (Å²) in [4.78, 5) is 11.0. The topological polar surface area (TPSA) is 29.0 Å². The van der Waals surface area contributed by atoms with E-state index in [0.717, 1.165) is 36.7 Å². The fourth-order valence-corrected chi connectivity index (χ4v) is 1.49. The molecule has 0 unspecified atom stereocenters. The number of nitrogens with zero attached hydrogens (tertiary/aromatic N) is 3. The summed E-state index contributed by atoms with van der Waals surface area (Å²) < 4.78 is 0. The molecule has 15 heavy (non-hydrogen) atoms. The molecule has 0 aliphatic heterocycles. The summed E-state index contributed by atoms with van der Waals surface area (Å²) >= 11 is 5.68. The first kappa shape index (κ1) is 12.2. The minimum absolute atomic E-state index is 0.689. The van der Waals surface area contributed by atoms with Gasteiger partial charge in [-0.3, -0.25) is 4.98 Å². The van der Waals surface area contributed by atoms with E-state index in [4.69, 9.17) is 11.6 Å². The van der Waals surface area contributed by atoms with E-state index in [9.17, 15) is 0 Å². The van der Waals surface area contributed by atoms with Crippen LogP contribution < -0.4 is 4.90 Å². The largest absolute Gasteiger partial charge is 0.356 e. The van der Waals surface area contributed by atoms with E-state index in [0.29, 0.717) is 5.88 Å². The molecule has 0 saturated carbocycles. The van der Waals surface area contributed by atoms with Crippen LogP contribution in [0, 0.1) is 13.8 Å². The van der Waals surface area contributed by atoms with E-state index < -0.39 is 0 Å². The molecule has 0 saturated heterocycles. The summed E-state index contributed by atoms with van der Waals surface area (Å²) in [5.74, 6) is 1.64. The molecule has 1 rings (SSSR count). The third-order valence-electron chi connectivity index (χ3n) is 2.45. The maximum absolute atomic E-state index is 5.68. The van der Waals surface area contributed by atoms with Gasteiger partial charge in [0.2, 0.25) is 0 Å². The van der Waals surface area contributed by atoms with Crippen molar-refractivity contribution >= 4 is 17.4 Å². The van der Waals surface area contributed by atoms with Gasteiger partial charge in [0.05, 0.1) is 17.6 Å². The molecule has 0 fully saturated rings. The molecule has 1 aromatic heterocycles. The van der Waals surface area contributed by atoms with Crippen molar-refractivity contribution < 1.29 is 0 Å². The number of alkyl halides is 1. The van der Waals surface area contributed by atoms with Gasteiger partial charge < -0.3 is 4.90 Å². The lowest BCUT2D eigenvalue weighted by Gasteiger charge is -2.21. The van der Waals surface area contributed by atoms with Gasteiger partial charge in [0.1, 0.15) is 5.82 Å². The molecule has 0 N–H and O–H groups in total. The molecule has 0 amide bonds. The van der Waals surface area contributed by atoms with Crippen molar-refractivity contribution in [3.8, 4) is 0 Å². The monoisotopic (exact) mass is 227 g/mol. The Hall–Kier alpha value is -0.830. The predicted molar refractivity (Wildman–Crippen MR) is 64.7 cm³/mol. The van der Waals surface area contributed by atoms with Crippen molar-refractivity contribution in [1.29, 1.82) is 0 Å². The predicted octanol–water partition coefficient (Wildman–Crippen LogP) is 2.55. The van der Waals surface area contributed by atoms with Crippen LogP contribution in [0.25, 0.3) is 0 Å². The van der Waals surface area contributed by atoms with Crippen molar-refractivity contribution in [2.75, 3.05) is 23.9 Å². The van der Waals surface area contributed by atoms with Crippen LogP contribution in [0.15, 0.2) is 6.20 Å². The zero-order valence-electron chi connectivity index (χ0n) is 9.63. The number of hydrogen-bond acceptors (Lipinski definition) is 3. The van der Waals surface area contributed by atoms with Crippen LogP contribution in [0.5, 0.6) is 0 Å². The van der Waals surface area contributed by atoms with Crippen molar-refractivity contribution in [2.45, 2.75) is 27.2 Å². The summed E-state index contributed by atoms with van der Waals surface area (Å²) in [6, 6.07) is 0. The Morgan fingerprint density at radius 3 is 2.60 bits per heavy atom. The quantitative estimate of drug-likeness (QED) is 0.724. The summed E-state index contributed by atoms with van der Waals surface area (Å²) in [5, 5.41) is 0. The van der Waals surface area contributed by atoms with Gasteiger partial charge in [-0.2, -0.15) is 0 Å². The Morgan fingerprint density at radius 1 is 1.33 bits per heavy atom. The maximum Gasteiger partial charge on any atom is 0.147 e. The lowest BCUT2D eigenvalue weighted by atomic mass is 10.3. The Kier molecular flexibility index (Phi) is 4.82. The van der Waals surface area contributed by atoms with Gasteiger partial charge in [-0.15, -0.1) is 11.6 Å². The summed E-state index contributed by atoms with van der Waals surface area (Å²) in [5.41, 5.74) is 1.99. The van der Waals surface area contributed by atoms with Gasteiger partial charge in [-0.25, -0.2) is 4.98 Å². The Morgan fingerprint density at radius 2 is 2.07 bits per heavy atom. The van der Waals surface area contributed by atoms with Crippen molar-refractivity contribution in [3.63, 3.8) is 0 Å². The van der Waals surface area contributed by atoms with Crippen molar-refractivity contribution in [3.05, 3.63) is 17.6 Å². The first-order valence-electron chi connectivity index (χ1n) is 5.30. The Balaban J connectivity index is 2.78. The molecule has 0 aliphatic carbocycles. The van der Waals surface area contributed by atoms with Crippen LogP contribution in [0.1, 0.15) is 24.7 Å². The van der Waals surface area contributed by atoms with Gasteiger partial charge in [0.15, 0.2) is 0 Å². The average molecular weight is 228 g/mol. The summed E-state index contributed by atoms with van der Waals surface area (Å²) in [6.45, 7) is 7.96. The second-order valence-electron chi connectivity index (χ2n) is 3.52. The third kappa shape index (κ3) is 3.34. The highest BCUT2D eigenvalue weighted by atomic mass is 35.5. The van der Waals surface area contributed by atoms with Crippen LogP contribution >= 0.6 is 11.6 Å². The molecule has 4 heteroatoms. The molecular formula is C11H18ClN3. The molecule has 84 valence electrons. The molecule has 0 spiro atoms. The van der Waals surface area contributed by atoms with E-state index >= 15 is 0 Å². The van der Waals surface area contributed by atoms with E-state index in [1.54, 1.807) is 0 Å². The van der Waals surface area contributed by atoms with Crippen LogP contribution in [0.2, 0.25) is 0 Å². The molecule has 0 atom stereocenters. The highest BCUT2D eigenvalue weighted by molar-refractivity contribution is 6.17. The molecule has 0 radical (unpaired) electrons. The standard InChI is InChI=1S/C11H18ClN3/c1-4-15(7-5-6-12)11-8-13-9(2)10(3)14-11/h8H,4-7H2,1-3H3. The first-order chi connectivity index (χ1) is 7.19. The minimum Gasteiger partial charge on any atom is -0.356 e. The normalized spacial score (nSPS) is 10.4. The van der Waals surface area contributed by atoms with Gasteiger partial charge in [-0.05, 0) is 27.2 Å². The molecule has 0 aliphatic rings. The highest BCUT2D eigenvalue weighted by Crippen LogP contribution is 2.11. The van der Waals surface area contributed by atoms with Crippen molar-refractivity contribution in [1.82, 2.24) is 9.97 Å². The second kappa shape index (κ2) is 5.91. The summed E-state index contributed by atoms with van der Waals surface area (Å²) in [6.07, 6.45) is 2.81. The lowest BCUT2D eigenvalue weighted by molar-refractivity contribution is 0.773. The number of halogens is 1. The van der Waals surface area contributed by atoms with Gasteiger partial charge in [-0.1, -0.05) is 0 Å². The van der Waals surface area contributed by atoms with Crippen molar-refractivity contribution in [2.24, 2.45) is 0 Å². The number of aryl methyl sites for hydroxylation is 2. The average Bonchev–Trinajstić information content (AvgIpc) is 2.24. The lowest BCUT2D eigenvalue weighted by Crippen LogP contribution is -2.25. The maximum atomic E-state index is 5.68. The van der Waals surface area contributed by atoms with Gasteiger partial charge in [0.25, 0.3) is 0 Å². The van der Waals surface area contributed by atoms with Gasteiger partial charge in [0, 0.05) is 19.0 Å². The van der Waals surface area contributed by atoms with E-state index in [-0.39, 0.29) is 0 Å². The van der Waals surface area contributed by atoms with E-state index in [2.05, 4.69) is 21.8 Å². The molecule has 3 nitrogen and oxygen atoms in total. The highest BCUT2D eigenvalue weighted by Gasteiger charge is 2.06. The van der Waals surface area contributed by atoms with Crippen LogP contribution in [0.3, 0.4) is 0 Å².